The maximum absolute atomic E-state index is 11.4. The van der Waals surface area contributed by atoms with Gasteiger partial charge in [0.15, 0.2) is 0 Å². The van der Waals surface area contributed by atoms with Crippen LogP contribution in [0.4, 0.5) is 0 Å². The van der Waals surface area contributed by atoms with Crippen LogP contribution in [0.15, 0.2) is 17.4 Å². The lowest BCUT2D eigenvalue weighted by Crippen LogP contribution is -2.17. The Morgan fingerprint density at radius 2 is 2.07 bits per heavy atom. The Hall–Kier alpha value is -1.34. The van der Waals surface area contributed by atoms with E-state index in [-0.39, 0.29) is 0 Å². The second-order valence-electron chi connectivity index (χ2n) is 2.84. The van der Waals surface area contributed by atoms with Crippen molar-refractivity contribution < 1.29 is 14.3 Å². The van der Waals surface area contributed by atoms with E-state index in [1.54, 1.807) is 13.0 Å². The maximum Gasteiger partial charge on any atom is 0.379 e. The van der Waals surface area contributed by atoms with Gasteiger partial charge in [0.2, 0.25) is 0 Å². The Morgan fingerprint density at radius 3 is 2.50 bits per heavy atom. The average Bonchev–Trinajstić information content (AvgIpc) is 2.22. The molecule has 0 atom stereocenters. The van der Waals surface area contributed by atoms with Crippen LogP contribution in [0.1, 0.15) is 33.1 Å². The molecule has 0 unspecified atom stereocenters. The summed E-state index contributed by atoms with van der Waals surface area (Å²) in [7, 11) is 1.20. The molecule has 0 heterocycles. The van der Waals surface area contributed by atoms with Gasteiger partial charge in [-0.1, -0.05) is 13.3 Å². The van der Waals surface area contributed by atoms with Crippen molar-refractivity contribution in [2.24, 2.45) is 0 Å². The van der Waals surface area contributed by atoms with Gasteiger partial charge in [0.25, 0.3) is 5.78 Å². The second kappa shape index (κ2) is 7.10. The Bertz CT molecular complexity index is 270. The van der Waals surface area contributed by atoms with Crippen LogP contribution in [0.5, 0.6) is 0 Å². The summed E-state index contributed by atoms with van der Waals surface area (Å²) in [5.41, 5.74) is 3.18. The van der Waals surface area contributed by atoms with E-state index in [0.29, 0.717) is 12.0 Å². The second-order valence-corrected chi connectivity index (χ2v) is 2.84. The highest BCUT2D eigenvalue weighted by Gasteiger charge is 2.18. The van der Waals surface area contributed by atoms with Crippen molar-refractivity contribution in [1.82, 2.24) is 0 Å². The topological polar surface area (TPSA) is 43.4 Å². The third-order valence-electron chi connectivity index (χ3n) is 1.74. The third-order valence-corrected chi connectivity index (χ3v) is 1.74. The average molecular weight is 196 g/mol. The first-order valence-corrected chi connectivity index (χ1v) is 4.70. The summed E-state index contributed by atoms with van der Waals surface area (Å²) < 4.78 is 4.36. The maximum atomic E-state index is 11.4. The number of carbonyl (C=O) groups is 2. The molecule has 0 rings (SSSR count). The fourth-order valence-electron chi connectivity index (χ4n) is 0.995. The number of methoxy groups -OCH3 is 1. The largest absolute Gasteiger partial charge is 0.463 e. The van der Waals surface area contributed by atoms with E-state index in [9.17, 15) is 9.59 Å². The summed E-state index contributed by atoms with van der Waals surface area (Å²) in [4.78, 5) is 22.3. The van der Waals surface area contributed by atoms with E-state index < -0.39 is 11.8 Å². The Kier molecular flexibility index (Phi) is 6.42. The van der Waals surface area contributed by atoms with Crippen molar-refractivity contribution in [2.45, 2.75) is 33.1 Å². The van der Waals surface area contributed by atoms with E-state index >= 15 is 0 Å². The molecule has 0 bridgehead atoms. The smallest absolute Gasteiger partial charge is 0.379 e. The zero-order chi connectivity index (χ0) is 11.0. The van der Waals surface area contributed by atoms with Crippen LogP contribution in [0.3, 0.4) is 0 Å². The predicted octanol–water partition coefficient (Wildman–Crippen LogP) is 2.02. The lowest BCUT2D eigenvalue weighted by atomic mass is 10.1. The number of ether oxygens (including phenoxy) is 1. The zero-order valence-electron chi connectivity index (χ0n) is 8.92. The van der Waals surface area contributed by atoms with Crippen LogP contribution in [0, 0.1) is 0 Å². The molecule has 0 saturated heterocycles. The molecule has 0 aromatic carbocycles. The SMILES string of the molecule is CC=C=C(CCCC)C(=O)C(=O)OC. The summed E-state index contributed by atoms with van der Waals surface area (Å²) in [6.07, 6.45) is 4.06. The van der Waals surface area contributed by atoms with Gasteiger partial charge in [0.1, 0.15) is 0 Å². The van der Waals surface area contributed by atoms with Gasteiger partial charge in [-0.15, -0.1) is 5.73 Å². The fraction of sp³-hybridized carbons (Fsp3) is 0.545. The van der Waals surface area contributed by atoms with Crippen LogP contribution in [-0.4, -0.2) is 18.9 Å². The van der Waals surface area contributed by atoms with E-state index in [4.69, 9.17) is 0 Å². The molecule has 0 amide bonds. The van der Waals surface area contributed by atoms with E-state index in [0.717, 1.165) is 12.8 Å². The number of esters is 1. The molecular weight excluding hydrogens is 180 g/mol. The molecule has 0 spiro atoms. The molecule has 0 aliphatic heterocycles. The van der Waals surface area contributed by atoms with Crippen LogP contribution < -0.4 is 0 Å². The summed E-state index contributed by atoms with van der Waals surface area (Å²) >= 11 is 0. The fourth-order valence-corrected chi connectivity index (χ4v) is 0.995. The van der Waals surface area contributed by atoms with Gasteiger partial charge >= 0.3 is 5.97 Å². The van der Waals surface area contributed by atoms with Crippen molar-refractivity contribution in [2.75, 3.05) is 7.11 Å². The quantitative estimate of drug-likeness (QED) is 0.292. The molecule has 0 aromatic heterocycles. The minimum atomic E-state index is -0.814. The molecule has 0 aliphatic rings. The number of hydrogen-bond acceptors (Lipinski definition) is 3. The molecule has 0 N–H and O–H groups in total. The normalized spacial score (nSPS) is 8.79. The number of carbonyl (C=O) groups excluding carboxylic acids is 2. The van der Waals surface area contributed by atoms with Gasteiger partial charge in [-0.3, -0.25) is 4.79 Å². The molecule has 14 heavy (non-hydrogen) atoms. The number of ketones is 1. The number of Topliss-reactive ketones (excluding diaryl/α,β-unsaturated/α-hetero) is 1. The lowest BCUT2D eigenvalue weighted by molar-refractivity contribution is -0.149. The summed E-state index contributed by atoms with van der Waals surface area (Å²) in [5.74, 6) is -1.40. The Labute approximate surface area is 84.4 Å². The van der Waals surface area contributed by atoms with Crippen LogP contribution in [0.2, 0.25) is 0 Å². The molecule has 0 saturated carbocycles. The van der Waals surface area contributed by atoms with Crippen molar-refractivity contribution in [3.8, 4) is 0 Å². The van der Waals surface area contributed by atoms with E-state index in [1.165, 1.54) is 7.11 Å². The summed E-state index contributed by atoms with van der Waals surface area (Å²) in [5, 5.41) is 0. The molecule has 0 aliphatic carbocycles. The molecule has 0 fully saturated rings. The van der Waals surface area contributed by atoms with Crippen molar-refractivity contribution in [3.05, 3.63) is 17.4 Å². The molecule has 3 nitrogen and oxygen atoms in total. The van der Waals surface area contributed by atoms with Gasteiger partial charge in [-0.25, -0.2) is 4.79 Å². The molecule has 0 radical (unpaired) electrons. The standard InChI is InChI=1S/C11H16O3/c1-4-6-8-9(7-5-2)10(12)11(13)14-3/h5H,4,6,8H2,1-3H3. The highest BCUT2D eigenvalue weighted by molar-refractivity contribution is 6.40. The first-order valence-electron chi connectivity index (χ1n) is 4.70. The highest BCUT2D eigenvalue weighted by atomic mass is 16.5. The van der Waals surface area contributed by atoms with Crippen LogP contribution in [0.25, 0.3) is 0 Å². The van der Waals surface area contributed by atoms with Gasteiger partial charge in [0.05, 0.1) is 7.11 Å². The number of hydrogen-bond donors (Lipinski definition) is 0. The molecular formula is C11H16O3. The highest BCUT2D eigenvalue weighted by Crippen LogP contribution is 2.07. The molecule has 0 aromatic rings. The summed E-state index contributed by atoms with van der Waals surface area (Å²) in [6.45, 7) is 3.78. The van der Waals surface area contributed by atoms with E-state index in [2.05, 4.69) is 10.5 Å². The van der Waals surface area contributed by atoms with Gasteiger partial charge in [-0.2, -0.15) is 0 Å². The lowest BCUT2D eigenvalue weighted by Gasteiger charge is -2.00. The van der Waals surface area contributed by atoms with E-state index in [1.807, 2.05) is 6.92 Å². The first-order chi connectivity index (χ1) is 6.67. The van der Waals surface area contributed by atoms with Crippen molar-refractivity contribution in [3.63, 3.8) is 0 Å². The van der Waals surface area contributed by atoms with Gasteiger partial charge in [-0.05, 0) is 25.8 Å². The minimum Gasteiger partial charge on any atom is -0.463 e. The minimum absolute atomic E-state index is 0.404. The van der Waals surface area contributed by atoms with Crippen molar-refractivity contribution in [1.29, 1.82) is 0 Å². The first kappa shape index (κ1) is 12.7. The van der Waals surface area contributed by atoms with Crippen molar-refractivity contribution >= 4 is 11.8 Å². The monoisotopic (exact) mass is 196 g/mol. The van der Waals surface area contributed by atoms with Crippen LogP contribution >= 0.6 is 0 Å². The molecule has 78 valence electrons. The predicted molar refractivity (Wildman–Crippen MR) is 53.8 cm³/mol. The molecule has 3 heteroatoms. The van der Waals surface area contributed by atoms with Crippen LogP contribution in [-0.2, 0) is 14.3 Å². The Morgan fingerprint density at radius 1 is 1.43 bits per heavy atom. The van der Waals surface area contributed by atoms with Gasteiger partial charge < -0.3 is 4.74 Å². The summed E-state index contributed by atoms with van der Waals surface area (Å²) in [6, 6.07) is 0. The Balaban J connectivity index is 4.60. The third kappa shape index (κ3) is 4.06. The number of rotatable bonds is 5. The zero-order valence-corrected chi connectivity index (χ0v) is 8.92. The van der Waals surface area contributed by atoms with Gasteiger partial charge in [0, 0.05) is 5.57 Å². The number of unbranched alkanes of at least 4 members (excludes halogenated alkanes) is 1.